The summed E-state index contributed by atoms with van der Waals surface area (Å²) >= 11 is 1.59. The molecule has 0 bridgehead atoms. The molecule has 0 unspecified atom stereocenters. The van der Waals surface area contributed by atoms with Crippen molar-refractivity contribution < 1.29 is 8.42 Å². The lowest BCUT2D eigenvalue weighted by molar-refractivity contribution is 0.584. The number of sulfonamides is 1. The van der Waals surface area contributed by atoms with Crippen molar-refractivity contribution in [1.82, 2.24) is 4.72 Å². The number of benzene rings is 1. The van der Waals surface area contributed by atoms with Gasteiger partial charge in [-0.05, 0) is 30.5 Å². The lowest BCUT2D eigenvalue weighted by Gasteiger charge is -2.05. The van der Waals surface area contributed by atoms with Gasteiger partial charge in [0.05, 0.1) is 11.4 Å². The standard InChI is InChI=1S/C12H16N2O2S2/c1-17-10-9-14-18(15,16)12-6-4-11(5-7-12)3-2-8-13/h4-7,14H,8-10,13H2,1H3. The lowest BCUT2D eigenvalue weighted by atomic mass is 10.2. The molecule has 0 atom stereocenters. The van der Waals surface area contributed by atoms with Crippen LogP contribution in [-0.2, 0) is 10.0 Å². The zero-order chi connectivity index (χ0) is 13.4. The summed E-state index contributed by atoms with van der Waals surface area (Å²) in [4.78, 5) is 0.252. The van der Waals surface area contributed by atoms with Crippen LogP contribution in [0.2, 0.25) is 0 Å². The van der Waals surface area contributed by atoms with Gasteiger partial charge in [-0.3, -0.25) is 0 Å². The Balaban J connectivity index is 2.78. The Kier molecular flexibility index (Phi) is 6.22. The van der Waals surface area contributed by atoms with Crippen molar-refractivity contribution >= 4 is 21.8 Å². The van der Waals surface area contributed by atoms with Gasteiger partial charge in [-0.2, -0.15) is 11.8 Å². The van der Waals surface area contributed by atoms with Crippen molar-refractivity contribution in [3.63, 3.8) is 0 Å². The Morgan fingerprint density at radius 1 is 1.33 bits per heavy atom. The van der Waals surface area contributed by atoms with Crippen LogP contribution < -0.4 is 10.5 Å². The molecular weight excluding hydrogens is 268 g/mol. The van der Waals surface area contributed by atoms with E-state index in [1.54, 1.807) is 36.0 Å². The molecule has 0 spiro atoms. The van der Waals surface area contributed by atoms with Gasteiger partial charge in [-0.25, -0.2) is 13.1 Å². The third-order valence-electron chi connectivity index (χ3n) is 2.10. The van der Waals surface area contributed by atoms with Crippen LogP contribution in [0, 0.1) is 11.8 Å². The molecule has 0 aromatic heterocycles. The molecule has 6 heteroatoms. The van der Waals surface area contributed by atoms with Crippen LogP contribution in [0.3, 0.4) is 0 Å². The van der Waals surface area contributed by atoms with Crippen LogP contribution in [0.25, 0.3) is 0 Å². The highest BCUT2D eigenvalue weighted by Crippen LogP contribution is 2.09. The average Bonchev–Trinajstić information content (AvgIpc) is 2.37. The second-order valence-electron chi connectivity index (χ2n) is 3.42. The molecule has 0 aliphatic heterocycles. The van der Waals surface area contributed by atoms with Gasteiger partial charge >= 0.3 is 0 Å². The fourth-order valence-electron chi connectivity index (χ4n) is 1.23. The van der Waals surface area contributed by atoms with Gasteiger partial charge in [0.15, 0.2) is 0 Å². The Bertz CT molecular complexity index is 527. The normalized spacial score (nSPS) is 10.8. The monoisotopic (exact) mass is 284 g/mol. The Labute approximate surface area is 112 Å². The van der Waals surface area contributed by atoms with Crippen LogP contribution in [0.1, 0.15) is 5.56 Å². The zero-order valence-corrected chi connectivity index (χ0v) is 11.8. The quantitative estimate of drug-likeness (QED) is 0.615. The summed E-state index contributed by atoms with van der Waals surface area (Å²) < 4.78 is 26.2. The molecule has 18 heavy (non-hydrogen) atoms. The van der Waals surface area contributed by atoms with E-state index in [0.717, 1.165) is 11.3 Å². The van der Waals surface area contributed by atoms with E-state index in [1.807, 2.05) is 6.26 Å². The SMILES string of the molecule is CSCCNS(=O)(=O)c1ccc(C#CCN)cc1. The summed E-state index contributed by atoms with van der Waals surface area (Å²) in [7, 11) is -3.41. The predicted octanol–water partition coefficient (Wildman–Crippen LogP) is 0.638. The Morgan fingerprint density at radius 3 is 2.56 bits per heavy atom. The molecule has 1 aromatic carbocycles. The molecule has 0 amide bonds. The highest BCUT2D eigenvalue weighted by Gasteiger charge is 2.12. The van der Waals surface area contributed by atoms with Crippen LogP contribution >= 0.6 is 11.8 Å². The number of nitrogens with two attached hydrogens (primary N) is 1. The van der Waals surface area contributed by atoms with E-state index in [0.29, 0.717) is 6.54 Å². The van der Waals surface area contributed by atoms with Gasteiger partial charge in [0.2, 0.25) is 10.0 Å². The van der Waals surface area contributed by atoms with Crippen molar-refractivity contribution in [3.05, 3.63) is 29.8 Å². The van der Waals surface area contributed by atoms with E-state index in [4.69, 9.17) is 5.73 Å². The Hall–Kier alpha value is -1.00. The van der Waals surface area contributed by atoms with E-state index >= 15 is 0 Å². The molecule has 0 aliphatic rings. The van der Waals surface area contributed by atoms with Gasteiger partial charge in [0.25, 0.3) is 0 Å². The van der Waals surface area contributed by atoms with Crippen LogP contribution in [0.4, 0.5) is 0 Å². The van der Waals surface area contributed by atoms with E-state index < -0.39 is 10.0 Å². The molecule has 1 rings (SSSR count). The molecular formula is C12H16N2O2S2. The van der Waals surface area contributed by atoms with Crippen molar-refractivity contribution in [3.8, 4) is 11.8 Å². The fourth-order valence-corrected chi connectivity index (χ4v) is 2.70. The molecule has 0 aliphatic carbocycles. The maximum Gasteiger partial charge on any atom is 0.240 e. The number of nitrogens with one attached hydrogen (secondary N) is 1. The minimum atomic E-state index is -3.41. The fraction of sp³-hybridized carbons (Fsp3) is 0.333. The maximum atomic E-state index is 11.9. The first-order valence-electron chi connectivity index (χ1n) is 5.38. The smallest absolute Gasteiger partial charge is 0.240 e. The van der Waals surface area contributed by atoms with Crippen LogP contribution in [0.5, 0.6) is 0 Å². The lowest BCUT2D eigenvalue weighted by Crippen LogP contribution is -2.25. The first-order chi connectivity index (χ1) is 8.60. The molecule has 0 saturated heterocycles. The first kappa shape index (κ1) is 15.1. The third kappa shape index (κ3) is 4.70. The second kappa shape index (κ2) is 7.44. The number of rotatable bonds is 5. The van der Waals surface area contributed by atoms with E-state index in [9.17, 15) is 8.42 Å². The summed E-state index contributed by atoms with van der Waals surface area (Å²) in [6, 6.07) is 6.43. The van der Waals surface area contributed by atoms with E-state index in [1.165, 1.54) is 0 Å². The van der Waals surface area contributed by atoms with E-state index in [-0.39, 0.29) is 11.4 Å². The van der Waals surface area contributed by atoms with Crippen molar-refractivity contribution in [2.24, 2.45) is 5.73 Å². The van der Waals surface area contributed by atoms with Crippen molar-refractivity contribution in [2.75, 3.05) is 25.1 Å². The van der Waals surface area contributed by atoms with Crippen molar-refractivity contribution in [1.29, 1.82) is 0 Å². The van der Waals surface area contributed by atoms with Crippen LogP contribution in [-0.4, -0.2) is 33.5 Å². The second-order valence-corrected chi connectivity index (χ2v) is 6.17. The van der Waals surface area contributed by atoms with Gasteiger partial charge < -0.3 is 5.73 Å². The molecule has 0 fully saturated rings. The van der Waals surface area contributed by atoms with Crippen LogP contribution in [0.15, 0.2) is 29.2 Å². The molecule has 4 nitrogen and oxygen atoms in total. The topological polar surface area (TPSA) is 72.2 Å². The highest BCUT2D eigenvalue weighted by molar-refractivity contribution is 7.98. The molecule has 1 aromatic rings. The van der Waals surface area contributed by atoms with E-state index in [2.05, 4.69) is 16.6 Å². The zero-order valence-electron chi connectivity index (χ0n) is 10.1. The minimum Gasteiger partial charge on any atom is -0.320 e. The number of thioether (sulfide) groups is 1. The molecule has 98 valence electrons. The summed E-state index contributed by atoms with van der Waals surface area (Å²) in [5.74, 6) is 6.31. The summed E-state index contributed by atoms with van der Waals surface area (Å²) in [6.07, 6.45) is 1.93. The molecule has 3 N–H and O–H groups in total. The maximum absolute atomic E-state index is 11.9. The predicted molar refractivity (Wildman–Crippen MR) is 75.9 cm³/mol. The van der Waals surface area contributed by atoms with Gasteiger partial charge in [-0.15, -0.1) is 0 Å². The van der Waals surface area contributed by atoms with Crippen molar-refractivity contribution in [2.45, 2.75) is 4.90 Å². The summed E-state index contributed by atoms with van der Waals surface area (Å²) in [5, 5.41) is 0. The van der Waals surface area contributed by atoms with Gasteiger partial charge in [0, 0.05) is 17.9 Å². The minimum absolute atomic E-state index is 0.252. The number of hydrogen-bond donors (Lipinski definition) is 2. The number of hydrogen-bond acceptors (Lipinski definition) is 4. The molecule has 0 heterocycles. The average molecular weight is 284 g/mol. The third-order valence-corrected chi connectivity index (χ3v) is 4.19. The molecule has 0 radical (unpaired) electrons. The van der Waals surface area contributed by atoms with Gasteiger partial charge in [0.1, 0.15) is 0 Å². The summed E-state index contributed by atoms with van der Waals surface area (Å²) in [5.41, 5.74) is 6.02. The highest BCUT2D eigenvalue weighted by atomic mass is 32.2. The summed E-state index contributed by atoms with van der Waals surface area (Å²) in [6.45, 7) is 0.717. The largest absolute Gasteiger partial charge is 0.320 e. The Morgan fingerprint density at radius 2 is 2.00 bits per heavy atom. The first-order valence-corrected chi connectivity index (χ1v) is 8.25. The van der Waals surface area contributed by atoms with Gasteiger partial charge in [-0.1, -0.05) is 11.8 Å². The molecule has 0 saturated carbocycles.